The Hall–Kier alpha value is -2.43. The summed E-state index contributed by atoms with van der Waals surface area (Å²) in [5, 5.41) is 5.39. The molecule has 0 unspecified atom stereocenters. The number of hydrogen-bond donors (Lipinski definition) is 2. The van der Waals surface area contributed by atoms with Crippen molar-refractivity contribution in [3.8, 4) is 5.75 Å². The quantitative estimate of drug-likeness (QED) is 0.509. The highest BCUT2D eigenvalue weighted by Crippen LogP contribution is 2.29. The van der Waals surface area contributed by atoms with Crippen molar-refractivity contribution in [3.63, 3.8) is 0 Å². The zero-order valence-electron chi connectivity index (χ0n) is 10.5. The molecule has 3 N–H and O–H groups in total. The molecule has 118 valence electrons. The Bertz CT molecular complexity index is 700. The van der Waals surface area contributed by atoms with Gasteiger partial charge in [0.2, 0.25) is 10.9 Å². The van der Waals surface area contributed by atoms with Crippen LogP contribution >= 0.6 is 11.3 Å². The number of nitrogens with zero attached hydrogens (tertiary/aromatic N) is 2. The van der Waals surface area contributed by atoms with Crippen LogP contribution in [0.15, 0.2) is 22.6 Å². The van der Waals surface area contributed by atoms with E-state index in [4.69, 9.17) is 5.73 Å². The van der Waals surface area contributed by atoms with Gasteiger partial charge in [0.1, 0.15) is 5.82 Å². The number of nitrogens with two attached hydrogens (primary N) is 1. The summed E-state index contributed by atoms with van der Waals surface area (Å²) in [6.45, 7) is 0. The summed E-state index contributed by atoms with van der Waals surface area (Å²) in [6.07, 6.45) is -4.36. The first-order chi connectivity index (χ1) is 10.3. The molecule has 11 heteroatoms. The fourth-order valence-electron chi connectivity index (χ4n) is 1.35. The molecule has 1 heterocycles. The van der Waals surface area contributed by atoms with Crippen LogP contribution in [0.2, 0.25) is 0 Å². The van der Waals surface area contributed by atoms with Crippen LogP contribution in [-0.2, 0) is 0 Å². The van der Waals surface area contributed by atoms with Crippen LogP contribution in [-0.4, -0.2) is 17.6 Å². The number of aromatic nitrogens is 1. The number of anilines is 2. The van der Waals surface area contributed by atoms with Crippen LogP contribution in [0.4, 0.5) is 32.9 Å². The van der Waals surface area contributed by atoms with Crippen LogP contribution in [0.3, 0.4) is 0 Å². The molecule has 0 aliphatic carbocycles. The fraction of sp³-hybridized carbons (Fsp3) is 0.0909. The van der Waals surface area contributed by atoms with Crippen molar-refractivity contribution >= 4 is 28.5 Å². The van der Waals surface area contributed by atoms with Crippen LogP contribution in [0.5, 0.6) is 5.75 Å². The number of thiazole rings is 1. The van der Waals surface area contributed by atoms with Crippen LogP contribution < -0.4 is 15.9 Å². The molecule has 2 rings (SSSR count). The number of benzene rings is 1. The third-order valence-corrected chi connectivity index (χ3v) is 2.95. The minimum Gasteiger partial charge on any atom is -0.399 e. The second kappa shape index (κ2) is 6.13. The van der Waals surface area contributed by atoms with Gasteiger partial charge in [0.15, 0.2) is 11.6 Å². The molecule has 5 nitrogen and oxygen atoms in total. The second-order valence-corrected chi connectivity index (χ2v) is 4.63. The molecule has 0 aliphatic heterocycles. The van der Waals surface area contributed by atoms with Gasteiger partial charge >= 0.3 is 6.36 Å². The van der Waals surface area contributed by atoms with E-state index in [0.717, 1.165) is 23.6 Å². The summed E-state index contributed by atoms with van der Waals surface area (Å²) < 4.78 is 66.6. The molecule has 22 heavy (non-hydrogen) atoms. The van der Waals surface area contributed by atoms with Crippen molar-refractivity contribution in [2.24, 2.45) is 5.10 Å². The first-order valence-electron chi connectivity index (χ1n) is 5.50. The number of ether oxygens (including phenoxy) is 1. The highest BCUT2D eigenvalue weighted by Gasteiger charge is 2.34. The van der Waals surface area contributed by atoms with E-state index in [1.807, 2.05) is 0 Å². The van der Waals surface area contributed by atoms with Gasteiger partial charge in [-0.2, -0.15) is 5.10 Å². The molecule has 0 aliphatic rings. The molecule has 0 saturated carbocycles. The van der Waals surface area contributed by atoms with Crippen molar-refractivity contribution in [2.45, 2.75) is 6.36 Å². The Kier molecular flexibility index (Phi) is 4.45. The summed E-state index contributed by atoms with van der Waals surface area (Å²) in [4.78, 5) is 3.79. The number of halogens is 5. The van der Waals surface area contributed by atoms with Gasteiger partial charge in [-0.1, -0.05) is 0 Å². The standard InChI is InChI=1S/C11H7F5N4OS/c12-6-2-1-5(8(13)9(6)21-11(14,15)16)3-18-20-10-19-7(17)4-22-10/h1-4H,17H2,(H,19,20). The van der Waals surface area contributed by atoms with E-state index < -0.39 is 29.3 Å². The highest BCUT2D eigenvalue weighted by atomic mass is 32.1. The SMILES string of the molecule is Nc1csc(NN=Cc2ccc(F)c(OC(F)(F)F)c2F)n1. The highest BCUT2D eigenvalue weighted by molar-refractivity contribution is 7.14. The van der Waals surface area contributed by atoms with Crippen molar-refractivity contribution < 1.29 is 26.7 Å². The fourth-order valence-corrected chi connectivity index (χ4v) is 1.90. The zero-order chi connectivity index (χ0) is 16.3. The van der Waals surface area contributed by atoms with Gasteiger partial charge in [0.25, 0.3) is 0 Å². The summed E-state index contributed by atoms with van der Waals surface area (Å²) in [5.74, 6) is -4.30. The van der Waals surface area contributed by atoms with Gasteiger partial charge in [0.05, 0.1) is 6.21 Å². The molecule has 0 atom stereocenters. The van der Waals surface area contributed by atoms with Gasteiger partial charge in [-0.3, -0.25) is 5.43 Å². The molecule has 2 aromatic rings. The Balaban J connectivity index is 2.19. The van der Waals surface area contributed by atoms with Gasteiger partial charge in [-0.25, -0.2) is 13.8 Å². The minimum absolute atomic E-state index is 0.247. The summed E-state index contributed by atoms with van der Waals surface area (Å²) in [6, 6.07) is 1.54. The topological polar surface area (TPSA) is 72.5 Å². The summed E-state index contributed by atoms with van der Waals surface area (Å²) in [5.41, 5.74) is 7.36. The van der Waals surface area contributed by atoms with Crippen molar-refractivity contribution in [3.05, 3.63) is 34.7 Å². The average molecular weight is 338 g/mol. The van der Waals surface area contributed by atoms with Crippen LogP contribution in [0, 0.1) is 11.6 Å². The van der Waals surface area contributed by atoms with E-state index in [1.165, 1.54) is 5.38 Å². The van der Waals surface area contributed by atoms with E-state index in [9.17, 15) is 22.0 Å². The Morgan fingerprint density at radius 3 is 2.64 bits per heavy atom. The molecule has 0 fully saturated rings. The van der Waals surface area contributed by atoms with Crippen LogP contribution in [0.1, 0.15) is 5.56 Å². The Labute approximate surface area is 124 Å². The Morgan fingerprint density at radius 2 is 2.05 bits per heavy atom. The zero-order valence-corrected chi connectivity index (χ0v) is 11.3. The predicted octanol–water partition coefficient (Wildman–Crippen LogP) is 3.35. The van der Waals surface area contributed by atoms with Crippen molar-refractivity contribution in [1.82, 2.24) is 4.98 Å². The van der Waals surface area contributed by atoms with E-state index in [-0.39, 0.29) is 5.82 Å². The average Bonchev–Trinajstić information content (AvgIpc) is 2.82. The lowest BCUT2D eigenvalue weighted by molar-refractivity contribution is -0.276. The maximum Gasteiger partial charge on any atom is 0.573 e. The number of alkyl halides is 3. The van der Waals surface area contributed by atoms with E-state index in [2.05, 4.69) is 20.2 Å². The molecule has 1 aromatic heterocycles. The molecule has 0 amide bonds. The smallest absolute Gasteiger partial charge is 0.399 e. The van der Waals surface area contributed by atoms with Gasteiger partial charge < -0.3 is 10.5 Å². The maximum atomic E-state index is 13.8. The molecule has 0 radical (unpaired) electrons. The van der Waals surface area contributed by atoms with Crippen molar-refractivity contribution in [1.29, 1.82) is 0 Å². The molecule has 0 saturated heterocycles. The van der Waals surface area contributed by atoms with E-state index in [1.54, 1.807) is 0 Å². The second-order valence-electron chi connectivity index (χ2n) is 3.78. The number of hydrogen-bond acceptors (Lipinski definition) is 6. The summed E-state index contributed by atoms with van der Waals surface area (Å²) in [7, 11) is 0. The lowest BCUT2D eigenvalue weighted by atomic mass is 10.2. The third kappa shape index (κ3) is 4.04. The molecule has 1 aromatic carbocycles. The first kappa shape index (κ1) is 15.9. The lowest BCUT2D eigenvalue weighted by Crippen LogP contribution is -2.19. The molecule has 0 bridgehead atoms. The van der Waals surface area contributed by atoms with Crippen molar-refractivity contribution in [2.75, 3.05) is 11.2 Å². The maximum absolute atomic E-state index is 13.8. The number of hydrazone groups is 1. The predicted molar refractivity (Wildman–Crippen MR) is 70.8 cm³/mol. The van der Waals surface area contributed by atoms with E-state index in [0.29, 0.717) is 11.2 Å². The minimum atomic E-state index is -5.21. The Morgan fingerprint density at radius 1 is 1.32 bits per heavy atom. The van der Waals surface area contributed by atoms with Gasteiger partial charge in [0, 0.05) is 10.9 Å². The normalized spacial score (nSPS) is 11.9. The summed E-state index contributed by atoms with van der Waals surface area (Å²) >= 11 is 1.11. The third-order valence-electron chi connectivity index (χ3n) is 2.18. The molecule has 0 spiro atoms. The largest absolute Gasteiger partial charge is 0.573 e. The first-order valence-corrected chi connectivity index (χ1v) is 6.38. The van der Waals surface area contributed by atoms with Crippen LogP contribution in [0.25, 0.3) is 0 Å². The monoisotopic (exact) mass is 338 g/mol. The van der Waals surface area contributed by atoms with Gasteiger partial charge in [-0.15, -0.1) is 24.5 Å². The molecular formula is C11H7F5N4OS. The van der Waals surface area contributed by atoms with E-state index >= 15 is 0 Å². The molecular weight excluding hydrogens is 331 g/mol. The number of rotatable bonds is 4. The van der Waals surface area contributed by atoms with Gasteiger partial charge in [-0.05, 0) is 12.1 Å². The number of nitrogen functional groups attached to an aromatic ring is 1. The number of nitrogens with one attached hydrogen (secondary N) is 1. The lowest BCUT2D eigenvalue weighted by Gasteiger charge is -2.11.